The summed E-state index contributed by atoms with van der Waals surface area (Å²) in [5, 5.41) is 17.2. The number of carboxylic acids is 2. The van der Waals surface area contributed by atoms with E-state index in [-0.39, 0.29) is 12.2 Å². The van der Waals surface area contributed by atoms with Gasteiger partial charge in [0, 0.05) is 5.56 Å². The van der Waals surface area contributed by atoms with Crippen LogP contribution in [-0.2, 0) is 16.0 Å². The summed E-state index contributed by atoms with van der Waals surface area (Å²) in [4.78, 5) is 21.1. The fourth-order valence-corrected chi connectivity index (χ4v) is 1.32. The number of rotatable bonds is 6. The minimum Gasteiger partial charge on any atom is -0.493 e. The molecule has 0 aromatic heterocycles. The molecule has 0 aliphatic carbocycles. The van der Waals surface area contributed by atoms with E-state index in [1.54, 1.807) is 18.2 Å². The van der Waals surface area contributed by atoms with E-state index in [2.05, 4.69) is 0 Å². The number of para-hydroxylation sites is 1. The molecular weight excluding hydrogens is 228 g/mol. The Bertz CT molecular complexity index is 426. The van der Waals surface area contributed by atoms with E-state index in [4.69, 9.17) is 19.7 Å². The number of benzene rings is 1. The smallest absolute Gasteiger partial charge is 0.341 e. The summed E-state index contributed by atoms with van der Waals surface area (Å²) in [5.74, 6) is -1.71. The SMILES string of the molecule is COc1cccc(CC(=O)O)c1OCC(=O)O. The van der Waals surface area contributed by atoms with Gasteiger partial charge in [-0.3, -0.25) is 4.79 Å². The molecule has 0 saturated carbocycles. The zero-order valence-electron chi connectivity index (χ0n) is 9.17. The minimum absolute atomic E-state index is 0.153. The molecule has 1 aromatic rings. The lowest BCUT2D eigenvalue weighted by Gasteiger charge is -2.12. The van der Waals surface area contributed by atoms with Gasteiger partial charge in [-0.1, -0.05) is 12.1 Å². The average molecular weight is 240 g/mol. The van der Waals surface area contributed by atoms with Crippen molar-refractivity contribution in [3.63, 3.8) is 0 Å². The maximum absolute atomic E-state index is 10.6. The van der Waals surface area contributed by atoms with E-state index in [9.17, 15) is 9.59 Å². The van der Waals surface area contributed by atoms with Gasteiger partial charge in [0.15, 0.2) is 18.1 Å². The van der Waals surface area contributed by atoms with Crippen LogP contribution in [0.4, 0.5) is 0 Å². The van der Waals surface area contributed by atoms with Crippen LogP contribution in [0.25, 0.3) is 0 Å². The van der Waals surface area contributed by atoms with Crippen LogP contribution in [0.15, 0.2) is 18.2 Å². The van der Waals surface area contributed by atoms with Crippen molar-refractivity contribution < 1.29 is 29.3 Å². The number of ether oxygens (including phenoxy) is 2. The Kier molecular flexibility index (Phi) is 4.33. The Balaban J connectivity index is 3.01. The topological polar surface area (TPSA) is 93.1 Å². The lowest BCUT2D eigenvalue weighted by molar-refractivity contribution is -0.139. The molecule has 0 radical (unpaired) electrons. The number of hydrogen-bond donors (Lipinski definition) is 2. The first-order valence-electron chi connectivity index (χ1n) is 4.77. The van der Waals surface area contributed by atoms with Crippen molar-refractivity contribution in [1.82, 2.24) is 0 Å². The summed E-state index contributed by atoms with van der Waals surface area (Å²) in [6.07, 6.45) is -0.258. The van der Waals surface area contributed by atoms with Crippen LogP contribution in [0.1, 0.15) is 5.56 Å². The summed E-state index contributed by atoms with van der Waals surface area (Å²) >= 11 is 0. The Hall–Kier alpha value is -2.24. The molecule has 1 aromatic carbocycles. The highest BCUT2D eigenvalue weighted by atomic mass is 16.5. The molecule has 1 rings (SSSR count). The van der Waals surface area contributed by atoms with Crippen molar-refractivity contribution in [1.29, 1.82) is 0 Å². The van der Waals surface area contributed by atoms with Crippen LogP contribution in [0.2, 0.25) is 0 Å². The van der Waals surface area contributed by atoms with Gasteiger partial charge < -0.3 is 19.7 Å². The highest BCUT2D eigenvalue weighted by Crippen LogP contribution is 2.31. The lowest BCUT2D eigenvalue weighted by atomic mass is 10.1. The minimum atomic E-state index is -1.14. The maximum atomic E-state index is 10.6. The third-order valence-electron chi connectivity index (χ3n) is 1.96. The second kappa shape index (κ2) is 5.74. The maximum Gasteiger partial charge on any atom is 0.341 e. The zero-order valence-corrected chi connectivity index (χ0v) is 9.17. The number of carbonyl (C=O) groups is 2. The fraction of sp³-hybridized carbons (Fsp3) is 0.273. The van der Waals surface area contributed by atoms with Crippen LogP contribution >= 0.6 is 0 Å². The van der Waals surface area contributed by atoms with Gasteiger partial charge in [0.25, 0.3) is 0 Å². The number of methoxy groups -OCH3 is 1. The first-order valence-corrected chi connectivity index (χ1v) is 4.77. The molecule has 17 heavy (non-hydrogen) atoms. The molecule has 0 atom stereocenters. The normalized spacial score (nSPS) is 9.71. The van der Waals surface area contributed by atoms with E-state index < -0.39 is 18.5 Å². The predicted octanol–water partition coefficient (Wildman–Crippen LogP) is 0.786. The largest absolute Gasteiger partial charge is 0.493 e. The Morgan fingerprint density at radius 3 is 2.47 bits per heavy atom. The molecule has 6 nitrogen and oxygen atoms in total. The van der Waals surface area contributed by atoms with Crippen LogP contribution in [0, 0.1) is 0 Å². The highest BCUT2D eigenvalue weighted by Gasteiger charge is 2.14. The zero-order chi connectivity index (χ0) is 12.8. The average Bonchev–Trinajstić information content (AvgIpc) is 2.26. The Morgan fingerprint density at radius 2 is 1.94 bits per heavy atom. The quantitative estimate of drug-likeness (QED) is 0.763. The molecule has 6 heteroatoms. The molecular formula is C11H12O6. The van der Waals surface area contributed by atoms with E-state index in [0.29, 0.717) is 11.3 Å². The first kappa shape index (κ1) is 12.8. The summed E-state index contributed by atoms with van der Waals surface area (Å²) in [6, 6.07) is 4.74. The summed E-state index contributed by atoms with van der Waals surface area (Å²) in [7, 11) is 1.40. The van der Waals surface area contributed by atoms with Gasteiger partial charge in [0.1, 0.15) is 0 Å². The van der Waals surface area contributed by atoms with E-state index in [1.807, 2.05) is 0 Å². The molecule has 0 bridgehead atoms. The molecule has 0 heterocycles. The lowest BCUT2D eigenvalue weighted by Crippen LogP contribution is -2.12. The van der Waals surface area contributed by atoms with Gasteiger partial charge in [-0.15, -0.1) is 0 Å². The van der Waals surface area contributed by atoms with Crippen molar-refractivity contribution in [3.05, 3.63) is 23.8 Å². The van der Waals surface area contributed by atoms with Crippen LogP contribution in [0.3, 0.4) is 0 Å². The molecule has 2 N–H and O–H groups in total. The van der Waals surface area contributed by atoms with Crippen LogP contribution in [-0.4, -0.2) is 35.9 Å². The van der Waals surface area contributed by atoms with Gasteiger partial charge in [-0.25, -0.2) is 4.79 Å². The summed E-state index contributed by atoms with van der Waals surface area (Å²) < 4.78 is 10.0. The van der Waals surface area contributed by atoms with Crippen molar-refractivity contribution in [2.24, 2.45) is 0 Å². The van der Waals surface area contributed by atoms with Crippen molar-refractivity contribution in [2.45, 2.75) is 6.42 Å². The number of carboxylic acid groups (broad SMARTS) is 2. The van der Waals surface area contributed by atoms with Gasteiger partial charge in [0.2, 0.25) is 0 Å². The Morgan fingerprint density at radius 1 is 1.24 bits per heavy atom. The van der Waals surface area contributed by atoms with E-state index >= 15 is 0 Å². The monoisotopic (exact) mass is 240 g/mol. The van der Waals surface area contributed by atoms with Crippen molar-refractivity contribution in [2.75, 3.05) is 13.7 Å². The summed E-state index contributed by atoms with van der Waals surface area (Å²) in [6.45, 7) is -0.549. The first-order chi connectivity index (χ1) is 8.04. The molecule has 0 fully saturated rings. The van der Waals surface area contributed by atoms with Crippen molar-refractivity contribution >= 4 is 11.9 Å². The second-order valence-corrected chi connectivity index (χ2v) is 3.20. The second-order valence-electron chi connectivity index (χ2n) is 3.20. The molecule has 0 unspecified atom stereocenters. The van der Waals surface area contributed by atoms with Crippen LogP contribution < -0.4 is 9.47 Å². The van der Waals surface area contributed by atoms with Gasteiger partial charge in [0.05, 0.1) is 13.5 Å². The number of hydrogen-bond acceptors (Lipinski definition) is 4. The van der Waals surface area contributed by atoms with Gasteiger partial charge in [-0.2, -0.15) is 0 Å². The van der Waals surface area contributed by atoms with Gasteiger partial charge in [-0.05, 0) is 6.07 Å². The third-order valence-corrected chi connectivity index (χ3v) is 1.96. The standard InChI is InChI=1S/C11H12O6/c1-16-8-4-2-3-7(5-9(12)13)11(8)17-6-10(14)15/h2-4H,5-6H2,1H3,(H,12,13)(H,14,15). The third kappa shape index (κ3) is 3.67. The molecule has 0 spiro atoms. The Labute approximate surface area is 97.4 Å². The van der Waals surface area contributed by atoms with Gasteiger partial charge >= 0.3 is 11.9 Å². The molecule has 0 saturated heterocycles. The highest BCUT2D eigenvalue weighted by molar-refractivity contribution is 5.73. The molecule has 0 amide bonds. The number of aliphatic carboxylic acids is 2. The van der Waals surface area contributed by atoms with E-state index in [0.717, 1.165) is 0 Å². The van der Waals surface area contributed by atoms with Crippen LogP contribution in [0.5, 0.6) is 11.5 Å². The summed E-state index contributed by atoms with van der Waals surface area (Å²) in [5.41, 5.74) is 0.373. The predicted molar refractivity (Wildman–Crippen MR) is 57.5 cm³/mol. The fourth-order valence-electron chi connectivity index (χ4n) is 1.32. The van der Waals surface area contributed by atoms with Crippen molar-refractivity contribution in [3.8, 4) is 11.5 Å². The molecule has 92 valence electrons. The molecule has 0 aliphatic heterocycles. The van der Waals surface area contributed by atoms with E-state index in [1.165, 1.54) is 7.11 Å². The molecule has 0 aliphatic rings.